The van der Waals surface area contributed by atoms with Crippen molar-refractivity contribution >= 4 is 0 Å². The van der Waals surface area contributed by atoms with Gasteiger partial charge < -0.3 is 0 Å². The Bertz CT molecular complexity index is 102. The van der Waals surface area contributed by atoms with Gasteiger partial charge in [0.05, 0.1) is 0 Å². The summed E-state index contributed by atoms with van der Waals surface area (Å²) in [6.45, 7) is 6.76. The van der Waals surface area contributed by atoms with E-state index in [4.69, 9.17) is 0 Å². The van der Waals surface area contributed by atoms with E-state index in [2.05, 4.69) is 24.3 Å². The Morgan fingerprint density at radius 3 is 2.58 bits per heavy atom. The maximum atomic E-state index is 4.60. The Kier molecular flexibility index (Phi) is 4.62. The summed E-state index contributed by atoms with van der Waals surface area (Å²) < 4.78 is 0. The number of hydrogen-bond donors (Lipinski definition) is 0. The molecule has 12 heavy (non-hydrogen) atoms. The molecule has 1 rings (SSSR count). The van der Waals surface area contributed by atoms with Crippen molar-refractivity contribution in [1.82, 2.24) is 10.4 Å². The molecule has 0 amide bonds. The van der Waals surface area contributed by atoms with Crippen LogP contribution in [0.2, 0.25) is 0 Å². The van der Waals surface area contributed by atoms with Crippen LogP contribution in [0.3, 0.4) is 0 Å². The van der Waals surface area contributed by atoms with Gasteiger partial charge in [-0.2, -0.15) is 5.43 Å². The highest BCUT2D eigenvalue weighted by Crippen LogP contribution is 2.11. The molecule has 0 aromatic heterocycles. The summed E-state index contributed by atoms with van der Waals surface area (Å²) in [6.07, 6.45) is 6.46. The number of rotatable bonds is 3. The monoisotopic (exact) mass is 169 g/mol. The average molecular weight is 169 g/mol. The zero-order valence-electron chi connectivity index (χ0n) is 8.42. The molecule has 1 fully saturated rings. The van der Waals surface area contributed by atoms with Crippen molar-refractivity contribution in [2.75, 3.05) is 13.1 Å². The van der Waals surface area contributed by atoms with Crippen LogP contribution in [0.4, 0.5) is 0 Å². The fourth-order valence-corrected chi connectivity index (χ4v) is 1.84. The van der Waals surface area contributed by atoms with E-state index in [1.54, 1.807) is 0 Å². The van der Waals surface area contributed by atoms with Crippen LogP contribution in [0.5, 0.6) is 0 Å². The first-order chi connectivity index (χ1) is 5.88. The van der Waals surface area contributed by atoms with E-state index in [0.717, 1.165) is 6.54 Å². The van der Waals surface area contributed by atoms with E-state index >= 15 is 0 Å². The van der Waals surface area contributed by atoms with Crippen LogP contribution in [-0.2, 0) is 0 Å². The van der Waals surface area contributed by atoms with Crippen LogP contribution in [0.15, 0.2) is 0 Å². The van der Waals surface area contributed by atoms with Gasteiger partial charge in [0.1, 0.15) is 0 Å². The molecule has 1 radical (unpaired) electrons. The van der Waals surface area contributed by atoms with Crippen molar-refractivity contribution in [2.45, 2.75) is 52.0 Å². The lowest BCUT2D eigenvalue weighted by atomic mass is 10.1. The normalized spacial score (nSPS) is 21.2. The van der Waals surface area contributed by atoms with E-state index in [1.165, 1.54) is 38.6 Å². The Labute approximate surface area is 76.3 Å². The Hall–Kier alpha value is -0.0800. The van der Waals surface area contributed by atoms with Crippen molar-refractivity contribution in [3.63, 3.8) is 0 Å². The zero-order chi connectivity index (χ0) is 8.81. The van der Waals surface area contributed by atoms with Gasteiger partial charge in [-0.1, -0.05) is 20.3 Å². The van der Waals surface area contributed by atoms with Crippen molar-refractivity contribution in [2.24, 2.45) is 0 Å². The molecule has 2 heteroatoms. The summed E-state index contributed by atoms with van der Waals surface area (Å²) in [5.74, 6) is 0. The minimum absolute atomic E-state index is 0.697. The topological polar surface area (TPSA) is 17.3 Å². The van der Waals surface area contributed by atoms with Gasteiger partial charge >= 0.3 is 0 Å². The van der Waals surface area contributed by atoms with Crippen molar-refractivity contribution in [1.29, 1.82) is 0 Å². The standard InChI is InChI=1S/C10H21N2/c1-3-10(4-2)12-9-7-5-6-8-11-12/h10H,3-9H2,1-2H3. The van der Waals surface area contributed by atoms with E-state index in [9.17, 15) is 0 Å². The van der Waals surface area contributed by atoms with Gasteiger partial charge in [-0.15, -0.1) is 0 Å². The fraction of sp³-hybridized carbons (Fsp3) is 1.00. The van der Waals surface area contributed by atoms with Gasteiger partial charge in [-0.25, -0.2) is 5.01 Å². The molecule has 2 nitrogen and oxygen atoms in total. The largest absolute Gasteiger partial charge is 0.224 e. The first-order valence-corrected chi connectivity index (χ1v) is 5.32. The minimum Gasteiger partial charge on any atom is -0.224 e. The molecule has 0 bridgehead atoms. The maximum Gasteiger partial charge on any atom is 0.0306 e. The van der Waals surface area contributed by atoms with Gasteiger partial charge in [-0.05, 0) is 25.7 Å². The second-order valence-corrected chi connectivity index (χ2v) is 3.56. The maximum absolute atomic E-state index is 4.60. The highest BCUT2D eigenvalue weighted by Gasteiger charge is 2.16. The molecule has 1 aliphatic rings. The molecule has 1 heterocycles. The van der Waals surface area contributed by atoms with E-state index in [1.807, 2.05) is 0 Å². The molecule has 0 saturated carbocycles. The van der Waals surface area contributed by atoms with Crippen LogP contribution in [-0.4, -0.2) is 24.1 Å². The van der Waals surface area contributed by atoms with E-state index in [0.29, 0.717) is 6.04 Å². The molecular formula is C10H21N2. The summed E-state index contributed by atoms with van der Waals surface area (Å²) in [5.41, 5.74) is 4.60. The zero-order valence-corrected chi connectivity index (χ0v) is 8.42. The lowest BCUT2D eigenvalue weighted by Gasteiger charge is -2.27. The molecule has 0 atom stereocenters. The summed E-state index contributed by atoms with van der Waals surface area (Å²) >= 11 is 0. The van der Waals surface area contributed by atoms with Gasteiger partial charge in [-0.3, -0.25) is 0 Å². The molecule has 0 aliphatic carbocycles. The van der Waals surface area contributed by atoms with Crippen LogP contribution in [0, 0.1) is 0 Å². The fourth-order valence-electron chi connectivity index (χ4n) is 1.84. The second-order valence-electron chi connectivity index (χ2n) is 3.56. The SMILES string of the molecule is CCC(CC)N1CCCCC[N]1. The molecule has 1 saturated heterocycles. The predicted molar refractivity (Wildman–Crippen MR) is 51.9 cm³/mol. The van der Waals surface area contributed by atoms with Crippen LogP contribution < -0.4 is 5.43 Å². The molecule has 0 aromatic carbocycles. The Morgan fingerprint density at radius 2 is 1.92 bits per heavy atom. The highest BCUT2D eigenvalue weighted by atomic mass is 15.5. The van der Waals surface area contributed by atoms with Crippen molar-refractivity contribution in [3.05, 3.63) is 0 Å². The van der Waals surface area contributed by atoms with E-state index < -0.39 is 0 Å². The van der Waals surface area contributed by atoms with Crippen LogP contribution in [0.1, 0.15) is 46.0 Å². The third-order valence-corrected chi connectivity index (χ3v) is 2.69. The third-order valence-electron chi connectivity index (χ3n) is 2.69. The van der Waals surface area contributed by atoms with Crippen LogP contribution in [0.25, 0.3) is 0 Å². The molecule has 1 aliphatic heterocycles. The summed E-state index contributed by atoms with van der Waals surface area (Å²) in [5, 5.41) is 2.33. The first-order valence-electron chi connectivity index (χ1n) is 5.32. The van der Waals surface area contributed by atoms with Crippen LogP contribution >= 0.6 is 0 Å². The predicted octanol–water partition coefficient (Wildman–Crippen LogP) is 2.18. The summed E-state index contributed by atoms with van der Waals surface area (Å²) in [4.78, 5) is 0. The minimum atomic E-state index is 0.697. The smallest absolute Gasteiger partial charge is 0.0306 e. The third kappa shape index (κ3) is 2.76. The Balaban J connectivity index is 2.35. The van der Waals surface area contributed by atoms with E-state index in [-0.39, 0.29) is 0 Å². The highest BCUT2D eigenvalue weighted by molar-refractivity contribution is 4.67. The summed E-state index contributed by atoms with van der Waals surface area (Å²) in [7, 11) is 0. The second kappa shape index (κ2) is 5.55. The van der Waals surface area contributed by atoms with Gasteiger partial charge in [0.25, 0.3) is 0 Å². The lowest BCUT2D eigenvalue weighted by molar-refractivity contribution is 0.119. The van der Waals surface area contributed by atoms with Gasteiger partial charge in [0, 0.05) is 19.1 Å². The molecule has 0 N–H and O–H groups in total. The van der Waals surface area contributed by atoms with Crippen molar-refractivity contribution in [3.8, 4) is 0 Å². The molecular weight excluding hydrogens is 148 g/mol. The molecule has 0 spiro atoms. The summed E-state index contributed by atoms with van der Waals surface area (Å²) in [6, 6.07) is 0.697. The number of nitrogens with zero attached hydrogens (tertiary/aromatic N) is 2. The quantitative estimate of drug-likeness (QED) is 0.633. The average Bonchev–Trinajstić information content (AvgIpc) is 2.35. The molecule has 0 aromatic rings. The lowest BCUT2D eigenvalue weighted by Crippen LogP contribution is -2.40. The molecule has 71 valence electrons. The van der Waals surface area contributed by atoms with Crippen molar-refractivity contribution < 1.29 is 0 Å². The Morgan fingerprint density at radius 1 is 1.17 bits per heavy atom. The molecule has 0 unspecified atom stereocenters. The van der Waals surface area contributed by atoms with Gasteiger partial charge in [0.2, 0.25) is 0 Å². The first kappa shape index (κ1) is 10.0. The van der Waals surface area contributed by atoms with Gasteiger partial charge in [0.15, 0.2) is 0 Å². The number of hydrogen-bond acceptors (Lipinski definition) is 1.